The zero-order valence-corrected chi connectivity index (χ0v) is 26.1. The Morgan fingerprint density at radius 2 is 1.30 bits per heavy atom. The number of rotatable bonds is 22. The Morgan fingerprint density at radius 1 is 0.761 bits per heavy atom. The first kappa shape index (κ1) is 41.3. The Hall–Kier alpha value is -4.70. The number of carboxylic acids is 2. The van der Waals surface area contributed by atoms with Crippen molar-refractivity contribution in [3.05, 3.63) is 0 Å². The summed E-state index contributed by atoms with van der Waals surface area (Å²) in [5.74, 6) is -8.09. The van der Waals surface area contributed by atoms with Crippen molar-refractivity contribution in [1.29, 1.82) is 0 Å². The fourth-order valence-corrected chi connectivity index (χ4v) is 3.76. The Kier molecular flexibility index (Phi) is 19.7. The van der Waals surface area contributed by atoms with E-state index in [0.29, 0.717) is 0 Å². The number of quaternary nitrogens is 1. The standard InChI is InChI=1S/C24H42N10O11S/c1-11(30-23(45)15(10-46)31-16(36)7-25)19(41)32-12(3-2-6-28-24(26)27)21(43)34-14(9-35)22(44)33-13(4-5-17(37)38)20(42)29-8-18(39)40/h11-15,35,46H,2-10,25H2,1H3,(H,29,42)(H,30,45)(H,31,36)(H,32,41)(H,33,44)(H,34,43)(H,37,38)(H,39,40)(H4,26,27,28)/p+2/t11-,12-,13-,14-,15-/m0/s1. The molecule has 0 saturated carbocycles. The number of carbonyl (C=O) groups is 8. The largest absolute Gasteiger partial charge is 0.481 e. The highest BCUT2D eigenvalue weighted by atomic mass is 32.1. The number of hydrogen-bond acceptors (Lipinski definition) is 10. The lowest BCUT2D eigenvalue weighted by Gasteiger charge is -2.25. The van der Waals surface area contributed by atoms with Crippen LogP contribution in [0.4, 0.5) is 0 Å². The Labute approximate surface area is 268 Å². The lowest BCUT2D eigenvalue weighted by atomic mass is 10.1. The summed E-state index contributed by atoms with van der Waals surface area (Å²) in [6, 6.07) is -6.86. The summed E-state index contributed by atoms with van der Waals surface area (Å²) in [6.07, 6.45) is -0.884. The van der Waals surface area contributed by atoms with Crippen LogP contribution >= 0.6 is 12.6 Å². The van der Waals surface area contributed by atoms with Crippen molar-refractivity contribution in [3.63, 3.8) is 0 Å². The fraction of sp³-hybridized carbons (Fsp3) is 0.625. The van der Waals surface area contributed by atoms with Gasteiger partial charge >= 0.3 is 17.9 Å². The maximum absolute atomic E-state index is 13.2. The van der Waals surface area contributed by atoms with Gasteiger partial charge in [-0.25, -0.2) is 0 Å². The third kappa shape index (κ3) is 17.0. The van der Waals surface area contributed by atoms with E-state index < -0.39 is 104 Å². The molecule has 0 aliphatic carbocycles. The average Bonchev–Trinajstić information content (AvgIpc) is 2.99. The molecule has 260 valence electrons. The van der Waals surface area contributed by atoms with Crippen LogP contribution in [-0.2, 0) is 38.4 Å². The van der Waals surface area contributed by atoms with Crippen molar-refractivity contribution in [2.45, 2.75) is 62.8 Å². The van der Waals surface area contributed by atoms with Crippen molar-refractivity contribution in [3.8, 4) is 0 Å². The molecule has 0 bridgehead atoms. The predicted molar refractivity (Wildman–Crippen MR) is 160 cm³/mol. The smallest absolute Gasteiger partial charge is 0.338 e. The van der Waals surface area contributed by atoms with Gasteiger partial charge in [0.1, 0.15) is 36.8 Å². The second-order valence-electron chi connectivity index (χ2n) is 9.72. The molecule has 0 aromatic carbocycles. The molecule has 46 heavy (non-hydrogen) atoms. The molecule has 5 atom stereocenters. The van der Waals surface area contributed by atoms with Crippen LogP contribution in [0.2, 0.25) is 0 Å². The van der Waals surface area contributed by atoms with Gasteiger partial charge in [-0.15, -0.1) is 0 Å². The minimum atomic E-state index is -1.69. The summed E-state index contributed by atoms with van der Waals surface area (Å²) in [5.41, 5.74) is 14.1. The third-order valence-corrected chi connectivity index (χ3v) is 6.32. The molecular formula is C24H44N10O11S+2. The highest BCUT2D eigenvalue weighted by Gasteiger charge is 2.31. The molecule has 0 aliphatic rings. The van der Waals surface area contributed by atoms with Gasteiger partial charge in [-0.2, -0.15) is 12.6 Å². The molecule has 21 nitrogen and oxygen atoms in total. The molecule has 0 aromatic rings. The van der Waals surface area contributed by atoms with Gasteiger partial charge in [0.05, 0.1) is 13.2 Å². The molecule has 0 saturated heterocycles. The number of aliphatic hydroxyl groups is 1. The maximum atomic E-state index is 13.2. The van der Waals surface area contributed by atoms with Crippen LogP contribution in [0.25, 0.3) is 0 Å². The highest BCUT2D eigenvalue weighted by molar-refractivity contribution is 7.80. The Morgan fingerprint density at radius 3 is 1.83 bits per heavy atom. The van der Waals surface area contributed by atoms with E-state index in [4.69, 9.17) is 21.7 Å². The monoisotopic (exact) mass is 680 g/mol. The van der Waals surface area contributed by atoms with Gasteiger partial charge in [-0.3, -0.25) is 54.8 Å². The predicted octanol–water partition coefficient (Wildman–Crippen LogP) is -9.21. The molecule has 0 spiro atoms. The molecule has 0 aromatic heterocycles. The van der Waals surface area contributed by atoms with Crippen molar-refractivity contribution in [2.75, 3.05) is 32.0 Å². The normalized spacial score (nSPS) is 13.7. The molecule has 0 fully saturated rings. The van der Waals surface area contributed by atoms with Crippen molar-refractivity contribution < 1.29 is 64.4 Å². The van der Waals surface area contributed by atoms with E-state index >= 15 is 0 Å². The van der Waals surface area contributed by atoms with Crippen molar-refractivity contribution >= 4 is 66.0 Å². The number of aliphatic carboxylic acids is 2. The van der Waals surface area contributed by atoms with Crippen LogP contribution in [0.15, 0.2) is 0 Å². The number of thiol groups is 1. The SMILES string of the molecule is C[C@H](NC(=O)[C@H](CS)NC(=O)C[NH3+])C(=O)N[C@@H](CCC[NH+]=C(N)N)C(=O)N[C@@H](CO)C(=O)N[C@@H](CCC(=O)O)C(=O)NCC(=O)O. The Bertz CT molecular complexity index is 1140. The number of guanidine groups is 1. The molecule has 22 heteroatoms. The van der Waals surface area contributed by atoms with Gasteiger partial charge in [-0.05, 0) is 26.2 Å². The summed E-state index contributed by atoms with van der Waals surface area (Å²) in [4.78, 5) is 99.9. The summed E-state index contributed by atoms with van der Waals surface area (Å²) >= 11 is 4.02. The number of aliphatic hydroxyl groups excluding tert-OH is 1. The van der Waals surface area contributed by atoms with Crippen LogP contribution in [0.1, 0.15) is 32.6 Å². The molecule has 0 rings (SSSR count). The fourth-order valence-electron chi connectivity index (χ4n) is 3.51. The third-order valence-electron chi connectivity index (χ3n) is 5.95. The van der Waals surface area contributed by atoms with Gasteiger partial charge in [-0.1, -0.05) is 0 Å². The van der Waals surface area contributed by atoms with Gasteiger partial charge < -0.3 is 53.0 Å². The van der Waals surface area contributed by atoms with Crippen molar-refractivity contribution in [2.24, 2.45) is 11.5 Å². The number of carbonyl (C=O) groups excluding carboxylic acids is 6. The van der Waals surface area contributed by atoms with Crippen LogP contribution in [-0.4, -0.2) is 131 Å². The number of nitrogens with one attached hydrogen (secondary N) is 7. The lowest BCUT2D eigenvalue weighted by Crippen LogP contribution is -2.78. The molecule has 17 N–H and O–H groups in total. The van der Waals surface area contributed by atoms with E-state index in [0.717, 1.165) is 0 Å². The zero-order chi connectivity index (χ0) is 35.4. The van der Waals surface area contributed by atoms with Crippen LogP contribution in [0.5, 0.6) is 0 Å². The maximum Gasteiger partial charge on any atom is 0.338 e. The van der Waals surface area contributed by atoms with E-state index in [1.807, 2.05) is 5.32 Å². The number of hydrogen-bond donors (Lipinski definition) is 14. The first-order valence-electron chi connectivity index (χ1n) is 13.9. The topological polar surface area (TPSA) is 363 Å². The number of nitrogens with two attached hydrogens (primary N) is 2. The zero-order valence-electron chi connectivity index (χ0n) is 25.2. The van der Waals surface area contributed by atoms with Gasteiger partial charge in [0.15, 0.2) is 6.54 Å². The first-order chi connectivity index (χ1) is 21.6. The van der Waals surface area contributed by atoms with Crippen LogP contribution in [0.3, 0.4) is 0 Å². The quantitative estimate of drug-likeness (QED) is 0.0219. The van der Waals surface area contributed by atoms with Gasteiger partial charge in [0.2, 0.25) is 29.5 Å². The van der Waals surface area contributed by atoms with Crippen LogP contribution < -0.4 is 54.1 Å². The minimum absolute atomic E-state index is 0.0596. The molecular weight excluding hydrogens is 636 g/mol. The summed E-state index contributed by atoms with van der Waals surface area (Å²) in [6.45, 7) is -0.465. The van der Waals surface area contributed by atoms with E-state index in [1.54, 1.807) is 0 Å². The highest BCUT2D eigenvalue weighted by Crippen LogP contribution is 2.03. The van der Waals surface area contributed by atoms with E-state index in [9.17, 15) is 43.5 Å². The van der Waals surface area contributed by atoms with E-state index in [2.05, 4.69) is 49.9 Å². The molecule has 0 aliphatic heterocycles. The molecule has 0 radical (unpaired) electrons. The average molecular weight is 681 g/mol. The van der Waals surface area contributed by atoms with Crippen molar-refractivity contribution in [1.82, 2.24) is 31.9 Å². The Balaban J connectivity index is 5.74. The summed E-state index contributed by atoms with van der Waals surface area (Å²) in [7, 11) is 0. The molecule has 6 amide bonds. The van der Waals surface area contributed by atoms with E-state index in [1.165, 1.54) is 6.92 Å². The second-order valence-corrected chi connectivity index (χ2v) is 10.1. The lowest BCUT2D eigenvalue weighted by molar-refractivity contribution is -0.459. The van der Waals surface area contributed by atoms with Crippen LogP contribution in [0, 0.1) is 0 Å². The molecule has 0 heterocycles. The number of carboxylic acid groups (broad SMARTS) is 2. The summed E-state index contributed by atoms with van der Waals surface area (Å²) in [5, 5.41) is 41.2. The van der Waals surface area contributed by atoms with Gasteiger partial charge in [0, 0.05) is 12.2 Å². The van der Waals surface area contributed by atoms with E-state index in [-0.39, 0.29) is 37.6 Å². The van der Waals surface area contributed by atoms with Gasteiger partial charge in [0.25, 0.3) is 5.91 Å². The minimum Gasteiger partial charge on any atom is -0.481 e. The second kappa shape index (κ2) is 21.9. The summed E-state index contributed by atoms with van der Waals surface area (Å²) < 4.78 is 0. The first-order valence-corrected chi connectivity index (χ1v) is 14.5. The molecule has 0 unspecified atom stereocenters. The number of amides is 6.